The first-order chi connectivity index (χ1) is 8.93. The number of carbonyl (C=O) groups excluding carboxylic acids is 1. The number of nitrogens with one attached hydrogen (secondary N) is 1. The Bertz CT molecular complexity index is 526. The number of nitrogens with zero attached hydrogens (tertiary/aromatic N) is 1. The highest BCUT2D eigenvalue weighted by Crippen LogP contribution is 2.31. The lowest BCUT2D eigenvalue weighted by molar-refractivity contribution is -0.383. The molecule has 0 radical (unpaired) electrons. The molecule has 0 heterocycles. The lowest BCUT2D eigenvalue weighted by atomic mass is 9.80. The number of hydrogen-bond acceptors (Lipinski definition) is 5. The Kier molecular flexibility index (Phi) is 3.39. The Morgan fingerprint density at radius 3 is 2.74 bits per heavy atom. The Balaban J connectivity index is 2.10. The van der Waals surface area contributed by atoms with E-state index in [4.69, 9.17) is 5.73 Å². The zero-order valence-electron chi connectivity index (χ0n) is 10.3. The maximum atomic E-state index is 11.9. The molecule has 102 valence electrons. The van der Waals surface area contributed by atoms with Crippen molar-refractivity contribution in [3.8, 4) is 0 Å². The number of anilines is 1. The molecule has 0 bridgehead atoms. The van der Waals surface area contributed by atoms with Gasteiger partial charge in [0, 0.05) is 12.6 Å². The number of nitrogen functional groups attached to an aromatic ring is 1. The fourth-order valence-electron chi connectivity index (χ4n) is 2.01. The zero-order valence-corrected chi connectivity index (χ0v) is 10.3. The summed E-state index contributed by atoms with van der Waals surface area (Å²) < 4.78 is 0. The Morgan fingerprint density at radius 1 is 1.53 bits per heavy atom. The summed E-state index contributed by atoms with van der Waals surface area (Å²) in [6, 6.07) is 4.07. The number of hydrogen-bond donors (Lipinski definition) is 3. The number of nitro groups is 1. The van der Waals surface area contributed by atoms with E-state index in [-0.39, 0.29) is 23.5 Å². The van der Waals surface area contributed by atoms with Gasteiger partial charge >= 0.3 is 0 Å². The number of aliphatic hydroxyl groups is 1. The van der Waals surface area contributed by atoms with Crippen LogP contribution in [0.3, 0.4) is 0 Å². The molecular weight excluding hydrogens is 250 g/mol. The van der Waals surface area contributed by atoms with Crippen LogP contribution in [0.4, 0.5) is 11.4 Å². The molecule has 0 unspecified atom stereocenters. The second-order valence-corrected chi connectivity index (χ2v) is 4.76. The van der Waals surface area contributed by atoms with Gasteiger partial charge in [0.05, 0.1) is 16.1 Å². The van der Waals surface area contributed by atoms with Crippen LogP contribution in [0.25, 0.3) is 0 Å². The van der Waals surface area contributed by atoms with Gasteiger partial charge in [-0.15, -0.1) is 0 Å². The highest BCUT2D eigenvalue weighted by molar-refractivity contribution is 6.01. The monoisotopic (exact) mass is 265 g/mol. The summed E-state index contributed by atoms with van der Waals surface area (Å²) in [4.78, 5) is 22.0. The second kappa shape index (κ2) is 4.85. The number of nitro benzene ring substituents is 1. The van der Waals surface area contributed by atoms with Gasteiger partial charge in [-0.2, -0.15) is 0 Å². The molecule has 1 aromatic carbocycles. The number of carbonyl (C=O) groups is 1. The second-order valence-electron chi connectivity index (χ2n) is 4.76. The van der Waals surface area contributed by atoms with Crippen molar-refractivity contribution >= 4 is 17.3 Å². The van der Waals surface area contributed by atoms with Gasteiger partial charge in [-0.25, -0.2) is 0 Å². The van der Waals surface area contributed by atoms with Crippen LogP contribution in [0.2, 0.25) is 0 Å². The third-order valence-electron chi connectivity index (χ3n) is 3.39. The fourth-order valence-corrected chi connectivity index (χ4v) is 2.01. The van der Waals surface area contributed by atoms with Crippen molar-refractivity contribution in [3.63, 3.8) is 0 Å². The molecule has 1 amide bonds. The minimum Gasteiger partial charge on any atom is -0.393 e. The van der Waals surface area contributed by atoms with E-state index in [2.05, 4.69) is 5.32 Å². The molecule has 0 aliphatic heterocycles. The van der Waals surface area contributed by atoms with Crippen molar-refractivity contribution in [1.82, 2.24) is 5.32 Å². The molecule has 1 fully saturated rings. The van der Waals surface area contributed by atoms with Crippen LogP contribution in [0.5, 0.6) is 0 Å². The van der Waals surface area contributed by atoms with Crippen LogP contribution in [0, 0.1) is 10.1 Å². The van der Waals surface area contributed by atoms with E-state index < -0.39 is 16.4 Å². The summed E-state index contributed by atoms with van der Waals surface area (Å²) in [6.45, 7) is 0.133. The van der Waals surface area contributed by atoms with Gasteiger partial charge in [-0.3, -0.25) is 14.9 Å². The van der Waals surface area contributed by atoms with E-state index in [0.29, 0.717) is 12.8 Å². The molecule has 1 saturated carbocycles. The normalized spacial score (nSPS) is 16.5. The van der Waals surface area contributed by atoms with E-state index in [1.54, 1.807) is 0 Å². The molecule has 7 nitrogen and oxygen atoms in total. The average Bonchev–Trinajstić information content (AvgIpc) is 2.33. The highest BCUT2D eigenvalue weighted by atomic mass is 16.6. The molecule has 0 saturated heterocycles. The quantitative estimate of drug-likeness (QED) is 0.423. The average molecular weight is 265 g/mol. The zero-order chi connectivity index (χ0) is 14.0. The summed E-state index contributed by atoms with van der Waals surface area (Å²) in [5.41, 5.74) is 4.36. The predicted octanol–water partition coefficient (Wildman–Crippen LogP) is 0.822. The van der Waals surface area contributed by atoms with Gasteiger partial charge in [0.2, 0.25) is 0 Å². The summed E-state index contributed by atoms with van der Waals surface area (Å²) in [7, 11) is 0. The molecule has 0 aromatic heterocycles. The van der Waals surface area contributed by atoms with Crippen molar-refractivity contribution in [3.05, 3.63) is 33.9 Å². The number of amides is 1. The molecule has 2 rings (SSSR count). The van der Waals surface area contributed by atoms with Crippen LogP contribution in [0.1, 0.15) is 29.6 Å². The first kappa shape index (κ1) is 13.3. The van der Waals surface area contributed by atoms with Crippen LogP contribution in [-0.2, 0) is 0 Å². The van der Waals surface area contributed by atoms with Gasteiger partial charge in [0.15, 0.2) is 0 Å². The fraction of sp³-hybridized carbons (Fsp3) is 0.417. The SMILES string of the molecule is Nc1c(C(=O)NCC2(O)CCC2)cccc1[N+](=O)[O-]. The predicted molar refractivity (Wildman–Crippen MR) is 68.6 cm³/mol. The standard InChI is InChI=1S/C12H15N3O4/c13-10-8(3-1-4-9(10)15(18)19)11(16)14-7-12(17)5-2-6-12/h1,3-4,17H,2,5-7,13H2,(H,14,16). The van der Waals surface area contributed by atoms with Crippen LogP contribution < -0.4 is 11.1 Å². The number of rotatable bonds is 4. The number of nitrogens with two attached hydrogens (primary N) is 1. The summed E-state index contributed by atoms with van der Waals surface area (Å²) in [5, 5.41) is 23.1. The van der Waals surface area contributed by atoms with E-state index in [0.717, 1.165) is 6.42 Å². The molecular formula is C12H15N3O4. The molecule has 4 N–H and O–H groups in total. The molecule has 7 heteroatoms. The summed E-state index contributed by atoms with van der Waals surface area (Å²) in [5.74, 6) is -0.512. The van der Waals surface area contributed by atoms with Gasteiger partial charge in [0.1, 0.15) is 5.69 Å². The van der Waals surface area contributed by atoms with Crippen molar-refractivity contribution in [2.45, 2.75) is 24.9 Å². The van der Waals surface area contributed by atoms with Crippen molar-refractivity contribution < 1.29 is 14.8 Å². The highest BCUT2D eigenvalue weighted by Gasteiger charge is 2.34. The lowest BCUT2D eigenvalue weighted by Crippen LogP contribution is -2.47. The maximum Gasteiger partial charge on any atom is 0.292 e. The molecule has 1 aliphatic rings. The third-order valence-corrected chi connectivity index (χ3v) is 3.39. The minimum atomic E-state index is -0.842. The summed E-state index contributed by atoms with van der Waals surface area (Å²) in [6.07, 6.45) is 2.24. The van der Waals surface area contributed by atoms with Gasteiger partial charge < -0.3 is 16.2 Å². The lowest BCUT2D eigenvalue weighted by Gasteiger charge is -2.36. The van der Waals surface area contributed by atoms with Gasteiger partial charge in [-0.1, -0.05) is 6.07 Å². The van der Waals surface area contributed by atoms with Crippen LogP contribution in [-0.4, -0.2) is 28.1 Å². The Hall–Kier alpha value is -2.15. The minimum absolute atomic E-state index is 0.0529. The molecule has 0 spiro atoms. The first-order valence-corrected chi connectivity index (χ1v) is 5.96. The van der Waals surface area contributed by atoms with E-state index in [1.165, 1.54) is 18.2 Å². The molecule has 0 atom stereocenters. The molecule has 19 heavy (non-hydrogen) atoms. The topological polar surface area (TPSA) is 118 Å². The molecule has 1 aromatic rings. The van der Waals surface area contributed by atoms with Gasteiger partial charge in [0.25, 0.3) is 11.6 Å². The van der Waals surface area contributed by atoms with Crippen molar-refractivity contribution in [1.29, 1.82) is 0 Å². The number of para-hydroxylation sites is 1. The Morgan fingerprint density at radius 2 is 2.21 bits per heavy atom. The first-order valence-electron chi connectivity index (χ1n) is 5.96. The smallest absolute Gasteiger partial charge is 0.292 e. The van der Waals surface area contributed by atoms with Crippen LogP contribution >= 0.6 is 0 Å². The molecule has 1 aliphatic carbocycles. The van der Waals surface area contributed by atoms with Crippen molar-refractivity contribution in [2.75, 3.05) is 12.3 Å². The third kappa shape index (κ3) is 2.65. The van der Waals surface area contributed by atoms with E-state index in [1.807, 2.05) is 0 Å². The Labute approximate surface area is 109 Å². The number of benzene rings is 1. The largest absolute Gasteiger partial charge is 0.393 e. The van der Waals surface area contributed by atoms with Crippen molar-refractivity contribution in [2.24, 2.45) is 0 Å². The van der Waals surface area contributed by atoms with E-state index >= 15 is 0 Å². The van der Waals surface area contributed by atoms with Crippen LogP contribution in [0.15, 0.2) is 18.2 Å². The van der Waals surface area contributed by atoms with Gasteiger partial charge in [-0.05, 0) is 25.3 Å². The maximum absolute atomic E-state index is 11.9. The summed E-state index contributed by atoms with van der Waals surface area (Å²) >= 11 is 0. The van der Waals surface area contributed by atoms with E-state index in [9.17, 15) is 20.0 Å².